The maximum Gasteiger partial charge on any atom is 0.0110 e. The number of piperazine rings is 2. The molecule has 0 spiro atoms. The molecule has 0 bridgehead atoms. The molecule has 2 rings (SSSR count). The van der Waals surface area contributed by atoms with Crippen LogP contribution in [0.3, 0.4) is 0 Å². The van der Waals surface area contributed by atoms with E-state index in [1.807, 2.05) is 0 Å². The van der Waals surface area contributed by atoms with E-state index in [1.54, 1.807) is 0 Å². The van der Waals surface area contributed by atoms with Gasteiger partial charge < -0.3 is 20.0 Å². The predicted octanol–water partition coefficient (Wildman–Crippen LogP) is 0.165. The minimum absolute atomic E-state index is 1.17. The molecule has 2 aliphatic rings. The highest BCUT2D eigenvalue weighted by atomic mass is 15.2. The summed E-state index contributed by atoms with van der Waals surface area (Å²) in [6, 6.07) is 0. The molecule has 0 radical (unpaired) electrons. The summed E-state index contributed by atoms with van der Waals surface area (Å²) >= 11 is 0. The van der Waals surface area contributed by atoms with Crippen LogP contribution >= 0.6 is 0 Å². The van der Waals surface area contributed by atoms with Gasteiger partial charge in [0.1, 0.15) is 0 Å². The van der Waals surface area contributed by atoms with Crippen LogP contribution in [-0.2, 0) is 0 Å². The first-order chi connectivity index (χ1) is 8.26. The first kappa shape index (κ1) is 14.9. The van der Waals surface area contributed by atoms with Crippen molar-refractivity contribution >= 4 is 0 Å². The van der Waals surface area contributed by atoms with Crippen molar-refractivity contribution in [3.05, 3.63) is 0 Å². The quantitative estimate of drug-likeness (QED) is 0.745. The van der Waals surface area contributed by atoms with E-state index in [-0.39, 0.29) is 0 Å². The summed E-state index contributed by atoms with van der Waals surface area (Å²) in [6.07, 6.45) is 0. The third-order valence-electron chi connectivity index (χ3n) is 3.70. The van der Waals surface area contributed by atoms with Crippen LogP contribution in [0.4, 0.5) is 0 Å². The number of rotatable bonds is 2. The van der Waals surface area contributed by atoms with Crippen molar-refractivity contribution in [2.45, 2.75) is 13.8 Å². The van der Waals surface area contributed by atoms with Gasteiger partial charge in [0, 0.05) is 52.4 Å². The maximum absolute atomic E-state index is 3.31. The molecule has 2 fully saturated rings. The molecule has 2 saturated heterocycles. The Bertz CT molecular complexity index is 172. The van der Waals surface area contributed by atoms with Crippen molar-refractivity contribution in [1.82, 2.24) is 20.0 Å². The third-order valence-corrected chi connectivity index (χ3v) is 3.70. The van der Waals surface area contributed by atoms with Crippen LogP contribution in [0.2, 0.25) is 0 Å². The highest BCUT2D eigenvalue weighted by Crippen LogP contribution is 1.96. The largest absolute Gasteiger partial charge is 0.314 e. The smallest absolute Gasteiger partial charge is 0.0110 e. The summed E-state index contributed by atoms with van der Waals surface area (Å²) in [7, 11) is 2.19. The van der Waals surface area contributed by atoms with Gasteiger partial charge in [-0.05, 0) is 20.1 Å². The van der Waals surface area contributed by atoms with E-state index in [2.05, 4.69) is 40.9 Å². The highest BCUT2D eigenvalue weighted by molar-refractivity contribution is 4.67. The number of likely N-dealkylation sites (N-methyl/N-ethyl adjacent to an activating group) is 3. The lowest BCUT2D eigenvalue weighted by Gasteiger charge is -2.31. The number of nitrogens with zero attached hydrogens (tertiary/aromatic N) is 3. The SMILES string of the molecule is CCN1CCN(C)CC1.CCN1CCNCC1. The fourth-order valence-corrected chi connectivity index (χ4v) is 2.19. The molecule has 0 aromatic rings. The molecule has 17 heavy (non-hydrogen) atoms. The molecule has 0 aromatic carbocycles. The summed E-state index contributed by atoms with van der Waals surface area (Å²) in [5.74, 6) is 0. The second kappa shape index (κ2) is 8.86. The highest BCUT2D eigenvalue weighted by Gasteiger charge is 2.10. The van der Waals surface area contributed by atoms with Gasteiger partial charge in [0.25, 0.3) is 0 Å². The van der Waals surface area contributed by atoms with Crippen LogP contribution in [-0.4, -0.2) is 87.2 Å². The van der Waals surface area contributed by atoms with Crippen molar-refractivity contribution in [3.63, 3.8) is 0 Å². The van der Waals surface area contributed by atoms with Gasteiger partial charge in [0.05, 0.1) is 0 Å². The molecule has 0 aliphatic carbocycles. The van der Waals surface area contributed by atoms with E-state index in [4.69, 9.17) is 0 Å². The molecule has 4 heteroatoms. The summed E-state index contributed by atoms with van der Waals surface area (Å²) in [5.41, 5.74) is 0. The Morgan fingerprint density at radius 1 is 0.765 bits per heavy atom. The normalized spacial score (nSPS) is 24.2. The van der Waals surface area contributed by atoms with Crippen LogP contribution < -0.4 is 5.32 Å². The van der Waals surface area contributed by atoms with Gasteiger partial charge in [-0.1, -0.05) is 13.8 Å². The Morgan fingerprint density at radius 2 is 1.24 bits per heavy atom. The van der Waals surface area contributed by atoms with Gasteiger partial charge in [-0.3, -0.25) is 0 Å². The number of hydrogen-bond donors (Lipinski definition) is 1. The van der Waals surface area contributed by atoms with Crippen LogP contribution in [0.15, 0.2) is 0 Å². The average Bonchev–Trinajstić information content (AvgIpc) is 2.41. The standard InChI is InChI=1S/C7H16N2.C6H14N2/c1-3-9-6-4-8(2)5-7-9;1-2-8-5-3-7-4-6-8/h3-7H2,1-2H3;7H,2-6H2,1H3. The molecular weight excluding hydrogens is 212 g/mol. The Labute approximate surface area is 107 Å². The molecule has 0 amide bonds. The van der Waals surface area contributed by atoms with Gasteiger partial charge >= 0.3 is 0 Å². The lowest BCUT2D eigenvalue weighted by atomic mass is 10.3. The van der Waals surface area contributed by atoms with Crippen molar-refractivity contribution in [2.24, 2.45) is 0 Å². The monoisotopic (exact) mass is 242 g/mol. The average molecular weight is 242 g/mol. The van der Waals surface area contributed by atoms with E-state index >= 15 is 0 Å². The topological polar surface area (TPSA) is 21.8 Å². The molecule has 0 unspecified atom stereocenters. The van der Waals surface area contributed by atoms with Crippen molar-refractivity contribution < 1.29 is 0 Å². The van der Waals surface area contributed by atoms with E-state index in [1.165, 1.54) is 65.4 Å². The van der Waals surface area contributed by atoms with Gasteiger partial charge in [-0.15, -0.1) is 0 Å². The number of hydrogen-bond acceptors (Lipinski definition) is 4. The van der Waals surface area contributed by atoms with Crippen molar-refractivity contribution in [2.75, 3.05) is 72.5 Å². The van der Waals surface area contributed by atoms with Gasteiger partial charge in [0.2, 0.25) is 0 Å². The van der Waals surface area contributed by atoms with Crippen LogP contribution in [0.25, 0.3) is 0 Å². The zero-order valence-corrected chi connectivity index (χ0v) is 11.9. The van der Waals surface area contributed by atoms with E-state index in [0.717, 1.165) is 0 Å². The maximum atomic E-state index is 3.31. The van der Waals surface area contributed by atoms with Crippen LogP contribution in [0, 0.1) is 0 Å². The molecule has 102 valence electrons. The van der Waals surface area contributed by atoms with Gasteiger partial charge in [-0.25, -0.2) is 0 Å². The van der Waals surface area contributed by atoms with Gasteiger partial charge in [0.15, 0.2) is 0 Å². The van der Waals surface area contributed by atoms with E-state index < -0.39 is 0 Å². The van der Waals surface area contributed by atoms with Gasteiger partial charge in [-0.2, -0.15) is 0 Å². The second-order valence-electron chi connectivity index (χ2n) is 4.92. The zero-order valence-electron chi connectivity index (χ0n) is 11.9. The van der Waals surface area contributed by atoms with Crippen molar-refractivity contribution in [3.8, 4) is 0 Å². The van der Waals surface area contributed by atoms with Crippen LogP contribution in [0.5, 0.6) is 0 Å². The van der Waals surface area contributed by atoms with E-state index in [9.17, 15) is 0 Å². The minimum Gasteiger partial charge on any atom is -0.314 e. The molecule has 0 saturated carbocycles. The molecule has 1 N–H and O–H groups in total. The molecule has 2 aliphatic heterocycles. The summed E-state index contributed by atoms with van der Waals surface area (Å²) in [6.45, 7) is 16.7. The number of nitrogens with one attached hydrogen (secondary N) is 1. The first-order valence-corrected chi connectivity index (χ1v) is 7.10. The third kappa shape index (κ3) is 6.36. The van der Waals surface area contributed by atoms with Crippen LogP contribution in [0.1, 0.15) is 13.8 Å². The second-order valence-corrected chi connectivity index (χ2v) is 4.92. The first-order valence-electron chi connectivity index (χ1n) is 7.10. The predicted molar refractivity (Wildman–Crippen MR) is 74.6 cm³/mol. The fourth-order valence-electron chi connectivity index (χ4n) is 2.19. The summed E-state index contributed by atoms with van der Waals surface area (Å²) in [4.78, 5) is 7.32. The lowest BCUT2D eigenvalue weighted by molar-refractivity contribution is 0.160. The lowest BCUT2D eigenvalue weighted by Crippen LogP contribution is -2.44. The summed E-state index contributed by atoms with van der Waals surface area (Å²) in [5, 5.41) is 3.31. The molecule has 2 heterocycles. The van der Waals surface area contributed by atoms with Crippen molar-refractivity contribution in [1.29, 1.82) is 0 Å². The van der Waals surface area contributed by atoms with E-state index in [0.29, 0.717) is 0 Å². The Balaban J connectivity index is 0.000000171. The Hall–Kier alpha value is -0.160. The Morgan fingerprint density at radius 3 is 1.65 bits per heavy atom. The molecule has 0 aromatic heterocycles. The summed E-state index contributed by atoms with van der Waals surface area (Å²) < 4.78 is 0. The Kier molecular flexibility index (Phi) is 7.77. The minimum atomic E-state index is 1.17. The molecule has 4 nitrogen and oxygen atoms in total. The molecule has 0 atom stereocenters. The zero-order chi connectivity index (χ0) is 12.5. The fraction of sp³-hybridized carbons (Fsp3) is 1.00. The molecular formula is C13H30N4.